The Morgan fingerprint density at radius 1 is 1.75 bits per heavy atom. The molecule has 2 atom stereocenters. The maximum Gasteiger partial charge on any atom is 0.165 e. The number of hydrogen-bond donors (Lipinski definition) is 0. The van der Waals surface area contributed by atoms with Crippen molar-refractivity contribution in [2.75, 3.05) is 18.1 Å². The van der Waals surface area contributed by atoms with E-state index >= 15 is 0 Å². The molecule has 3 heteroatoms. The van der Waals surface area contributed by atoms with Crippen LogP contribution in [0.1, 0.15) is 20.3 Å². The van der Waals surface area contributed by atoms with E-state index in [0.29, 0.717) is 0 Å². The van der Waals surface area contributed by atoms with E-state index in [1.165, 1.54) is 0 Å². The first kappa shape index (κ1) is 10.1. The molecule has 1 heterocycles. The highest BCUT2D eigenvalue weighted by molar-refractivity contribution is 7.99. The predicted molar refractivity (Wildman–Crippen MR) is 51.5 cm³/mol. The van der Waals surface area contributed by atoms with Gasteiger partial charge in [-0.2, -0.15) is 11.8 Å². The lowest BCUT2D eigenvalue weighted by atomic mass is 10.00. The van der Waals surface area contributed by atoms with E-state index in [-0.39, 0.29) is 17.8 Å². The average molecular weight is 188 g/mol. The third-order valence-corrected chi connectivity index (χ3v) is 3.23. The Labute approximate surface area is 78.1 Å². The van der Waals surface area contributed by atoms with Gasteiger partial charge in [-0.25, -0.2) is 0 Å². The van der Waals surface area contributed by atoms with Crippen molar-refractivity contribution >= 4 is 17.5 Å². The molecule has 70 valence electrons. The van der Waals surface area contributed by atoms with Crippen molar-refractivity contribution in [1.29, 1.82) is 0 Å². The van der Waals surface area contributed by atoms with Gasteiger partial charge in [-0.05, 0) is 6.42 Å². The molecule has 0 saturated carbocycles. The standard InChI is InChI=1S/C9H16O2S/c1-3-7(2)9(10)8-6-12-5-4-11-8/h7-8H,3-6H2,1-2H3. The van der Waals surface area contributed by atoms with Crippen LogP contribution in [0, 0.1) is 5.92 Å². The van der Waals surface area contributed by atoms with E-state index in [1.54, 1.807) is 0 Å². The van der Waals surface area contributed by atoms with E-state index in [9.17, 15) is 4.79 Å². The minimum absolute atomic E-state index is 0.126. The van der Waals surface area contributed by atoms with E-state index in [2.05, 4.69) is 0 Å². The van der Waals surface area contributed by atoms with E-state index in [4.69, 9.17) is 4.74 Å². The first-order chi connectivity index (χ1) is 5.75. The Morgan fingerprint density at radius 2 is 2.50 bits per heavy atom. The minimum Gasteiger partial charge on any atom is -0.369 e. The molecule has 0 amide bonds. The van der Waals surface area contributed by atoms with Gasteiger partial charge in [-0.3, -0.25) is 4.79 Å². The molecule has 0 bridgehead atoms. The highest BCUT2D eigenvalue weighted by Gasteiger charge is 2.25. The molecule has 0 aromatic rings. The number of thioether (sulfide) groups is 1. The first-order valence-electron chi connectivity index (χ1n) is 4.48. The normalized spacial score (nSPS) is 26.7. The molecular weight excluding hydrogens is 172 g/mol. The third-order valence-electron chi connectivity index (χ3n) is 2.23. The zero-order valence-corrected chi connectivity index (χ0v) is 8.52. The Morgan fingerprint density at radius 3 is 3.00 bits per heavy atom. The van der Waals surface area contributed by atoms with Crippen LogP contribution < -0.4 is 0 Å². The van der Waals surface area contributed by atoms with Gasteiger partial charge in [0.15, 0.2) is 5.78 Å². The van der Waals surface area contributed by atoms with Gasteiger partial charge in [0.2, 0.25) is 0 Å². The van der Waals surface area contributed by atoms with Crippen LogP contribution in [0.3, 0.4) is 0 Å². The highest BCUT2D eigenvalue weighted by atomic mass is 32.2. The van der Waals surface area contributed by atoms with Gasteiger partial charge in [0, 0.05) is 17.4 Å². The second-order valence-corrected chi connectivity index (χ2v) is 4.30. The second kappa shape index (κ2) is 4.87. The number of carbonyl (C=O) groups is 1. The molecule has 0 radical (unpaired) electrons. The summed E-state index contributed by atoms with van der Waals surface area (Å²) in [5.41, 5.74) is 0. The molecule has 0 aliphatic carbocycles. The molecule has 1 saturated heterocycles. The zero-order chi connectivity index (χ0) is 8.97. The van der Waals surface area contributed by atoms with Crippen molar-refractivity contribution in [3.8, 4) is 0 Å². The first-order valence-corrected chi connectivity index (χ1v) is 5.64. The Kier molecular flexibility index (Phi) is 4.09. The van der Waals surface area contributed by atoms with Gasteiger partial charge in [-0.1, -0.05) is 13.8 Å². The van der Waals surface area contributed by atoms with E-state index in [1.807, 2.05) is 25.6 Å². The Bertz CT molecular complexity index is 153. The lowest BCUT2D eigenvalue weighted by Crippen LogP contribution is -2.34. The van der Waals surface area contributed by atoms with Gasteiger partial charge >= 0.3 is 0 Å². The fourth-order valence-corrected chi connectivity index (χ4v) is 2.03. The van der Waals surface area contributed by atoms with Gasteiger partial charge < -0.3 is 4.74 Å². The summed E-state index contributed by atoms with van der Waals surface area (Å²) in [6.07, 6.45) is 0.794. The zero-order valence-electron chi connectivity index (χ0n) is 7.71. The molecular formula is C9H16O2S. The molecule has 0 aromatic heterocycles. The van der Waals surface area contributed by atoms with Crippen molar-refractivity contribution in [3.63, 3.8) is 0 Å². The van der Waals surface area contributed by atoms with Crippen LogP contribution in [0.25, 0.3) is 0 Å². The van der Waals surface area contributed by atoms with Crippen LogP contribution >= 0.6 is 11.8 Å². The SMILES string of the molecule is CCC(C)C(=O)C1CSCCO1. The summed E-state index contributed by atoms with van der Waals surface area (Å²) in [7, 11) is 0. The quantitative estimate of drug-likeness (QED) is 0.674. The summed E-state index contributed by atoms with van der Waals surface area (Å²) in [4.78, 5) is 11.6. The van der Waals surface area contributed by atoms with Gasteiger partial charge in [0.25, 0.3) is 0 Å². The summed E-state index contributed by atoms with van der Waals surface area (Å²) in [6, 6.07) is 0. The molecule has 0 aromatic carbocycles. The molecule has 2 unspecified atom stereocenters. The largest absolute Gasteiger partial charge is 0.369 e. The maximum atomic E-state index is 11.6. The number of ketones is 1. The monoisotopic (exact) mass is 188 g/mol. The van der Waals surface area contributed by atoms with Crippen LogP contribution in [0.5, 0.6) is 0 Å². The number of rotatable bonds is 3. The molecule has 2 nitrogen and oxygen atoms in total. The van der Waals surface area contributed by atoms with Gasteiger partial charge in [0.05, 0.1) is 6.61 Å². The Hall–Kier alpha value is -0.0200. The lowest BCUT2D eigenvalue weighted by Gasteiger charge is -2.23. The molecule has 12 heavy (non-hydrogen) atoms. The van der Waals surface area contributed by atoms with Crippen molar-refractivity contribution < 1.29 is 9.53 Å². The summed E-state index contributed by atoms with van der Waals surface area (Å²) in [5.74, 6) is 2.33. The summed E-state index contributed by atoms with van der Waals surface area (Å²) in [6.45, 7) is 4.75. The van der Waals surface area contributed by atoms with E-state index < -0.39 is 0 Å². The van der Waals surface area contributed by atoms with Crippen LogP contribution in [-0.4, -0.2) is 30.0 Å². The molecule has 0 N–H and O–H groups in total. The minimum atomic E-state index is -0.126. The molecule has 1 rings (SSSR count). The van der Waals surface area contributed by atoms with Crippen molar-refractivity contribution in [2.45, 2.75) is 26.4 Å². The fraction of sp³-hybridized carbons (Fsp3) is 0.889. The Balaban J connectivity index is 2.39. The predicted octanol–water partition coefficient (Wildman–Crippen LogP) is 1.73. The van der Waals surface area contributed by atoms with Crippen LogP contribution in [0.2, 0.25) is 0 Å². The number of hydrogen-bond acceptors (Lipinski definition) is 3. The van der Waals surface area contributed by atoms with Gasteiger partial charge in [-0.15, -0.1) is 0 Å². The van der Waals surface area contributed by atoms with Crippen LogP contribution in [0.15, 0.2) is 0 Å². The number of carbonyl (C=O) groups excluding carboxylic acids is 1. The highest BCUT2D eigenvalue weighted by Crippen LogP contribution is 2.17. The van der Waals surface area contributed by atoms with Crippen molar-refractivity contribution in [2.24, 2.45) is 5.92 Å². The maximum absolute atomic E-state index is 11.6. The second-order valence-electron chi connectivity index (χ2n) is 3.15. The topological polar surface area (TPSA) is 26.3 Å². The van der Waals surface area contributed by atoms with Gasteiger partial charge in [0.1, 0.15) is 6.10 Å². The summed E-state index contributed by atoms with van der Waals surface area (Å²) >= 11 is 1.81. The van der Waals surface area contributed by atoms with Crippen LogP contribution in [-0.2, 0) is 9.53 Å². The molecule has 1 aliphatic heterocycles. The number of Topliss-reactive ketones (excluding diaryl/α,β-unsaturated/α-hetero) is 1. The molecule has 1 fully saturated rings. The smallest absolute Gasteiger partial charge is 0.165 e. The summed E-state index contributed by atoms with van der Waals surface area (Å²) in [5, 5.41) is 0. The van der Waals surface area contributed by atoms with Crippen molar-refractivity contribution in [3.05, 3.63) is 0 Å². The lowest BCUT2D eigenvalue weighted by molar-refractivity contribution is -0.132. The van der Waals surface area contributed by atoms with Crippen molar-refractivity contribution in [1.82, 2.24) is 0 Å². The average Bonchev–Trinajstić information content (AvgIpc) is 2.17. The third kappa shape index (κ3) is 2.49. The van der Waals surface area contributed by atoms with Crippen LogP contribution in [0.4, 0.5) is 0 Å². The molecule has 1 aliphatic rings. The number of ether oxygens (including phenoxy) is 1. The fourth-order valence-electron chi connectivity index (χ4n) is 1.17. The summed E-state index contributed by atoms with van der Waals surface area (Å²) < 4.78 is 5.39. The van der Waals surface area contributed by atoms with E-state index in [0.717, 1.165) is 24.5 Å². The molecule has 0 spiro atoms.